The highest BCUT2D eigenvalue weighted by atomic mass is 127. The summed E-state index contributed by atoms with van der Waals surface area (Å²) in [6.07, 6.45) is 3.56. The topological polar surface area (TPSA) is 67.1 Å². The van der Waals surface area contributed by atoms with Crippen LogP contribution in [0.25, 0.3) is 0 Å². The van der Waals surface area contributed by atoms with E-state index in [1.807, 2.05) is 36.0 Å². The van der Waals surface area contributed by atoms with Crippen molar-refractivity contribution in [3.05, 3.63) is 48.0 Å². The Hall–Kier alpha value is -1.64. The maximum Gasteiger partial charge on any atom is 0.191 e. The second kappa shape index (κ2) is 8.51. The molecule has 0 atom stereocenters. The van der Waals surface area contributed by atoms with Gasteiger partial charge < -0.3 is 10.6 Å². The van der Waals surface area contributed by atoms with Crippen molar-refractivity contribution in [3.63, 3.8) is 0 Å². The van der Waals surface area contributed by atoms with Gasteiger partial charge in [-0.05, 0) is 18.2 Å². The smallest absolute Gasteiger partial charge is 0.191 e. The fraction of sp³-hybridized carbons (Fsp3) is 0.308. The summed E-state index contributed by atoms with van der Waals surface area (Å²) in [5.41, 5.74) is 2.08. The zero-order valence-corrected chi connectivity index (χ0v) is 13.9. The quantitative estimate of drug-likeness (QED) is 0.472. The molecular weight excluding hydrogens is 367 g/mol. The zero-order valence-electron chi connectivity index (χ0n) is 11.6. The van der Waals surface area contributed by atoms with E-state index >= 15 is 0 Å². The summed E-state index contributed by atoms with van der Waals surface area (Å²) in [7, 11) is 3.66. The van der Waals surface area contributed by atoms with E-state index in [4.69, 9.17) is 0 Å². The number of guanidine groups is 1. The molecule has 0 bridgehead atoms. The van der Waals surface area contributed by atoms with Crippen LogP contribution in [0.15, 0.2) is 41.7 Å². The number of aryl methyl sites for hydroxylation is 1. The molecule has 0 aliphatic carbocycles. The molecule has 2 N–H and O–H groups in total. The normalized spacial score (nSPS) is 10.8. The largest absolute Gasteiger partial charge is 0.351 e. The molecule has 0 aliphatic rings. The number of aliphatic imine (C=N–C) groups is 1. The number of nitrogens with one attached hydrogen (secondary N) is 2. The number of nitrogens with zero attached hydrogens (tertiary/aromatic N) is 4. The van der Waals surface area contributed by atoms with Gasteiger partial charge in [0.2, 0.25) is 0 Å². The van der Waals surface area contributed by atoms with Crippen LogP contribution < -0.4 is 10.6 Å². The van der Waals surface area contributed by atoms with Crippen molar-refractivity contribution >= 4 is 29.9 Å². The highest BCUT2D eigenvalue weighted by Crippen LogP contribution is 1.95. The van der Waals surface area contributed by atoms with E-state index in [2.05, 4.69) is 25.7 Å². The molecule has 108 valence electrons. The third kappa shape index (κ3) is 4.80. The molecule has 0 aromatic carbocycles. The lowest BCUT2D eigenvalue weighted by Crippen LogP contribution is -2.36. The molecular formula is C13H19IN6. The number of hydrogen-bond acceptors (Lipinski definition) is 3. The second-order valence-corrected chi connectivity index (χ2v) is 4.05. The molecule has 0 saturated carbocycles. The van der Waals surface area contributed by atoms with Gasteiger partial charge in [0, 0.05) is 26.5 Å². The monoisotopic (exact) mass is 386 g/mol. The first-order valence-corrected chi connectivity index (χ1v) is 6.11. The second-order valence-electron chi connectivity index (χ2n) is 4.05. The van der Waals surface area contributed by atoms with Crippen LogP contribution in [0.1, 0.15) is 11.4 Å². The molecule has 2 aromatic rings. The Labute approximate surface area is 135 Å². The molecule has 0 amide bonds. The molecule has 0 spiro atoms. The van der Waals surface area contributed by atoms with Crippen molar-refractivity contribution in [1.29, 1.82) is 0 Å². The van der Waals surface area contributed by atoms with Gasteiger partial charge in [-0.3, -0.25) is 14.7 Å². The SMILES string of the molecule is CN=C(NCc1ccccn1)NCc1ccnn1C.I. The zero-order chi connectivity index (χ0) is 13.5. The Kier molecular flexibility index (Phi) is 6.99. The minimum Gasteiger partial charge on any atom is -0.351 e. The van der Waals surface area contributed by atoms with E-state index in [1.165, 1.54) is 0 Å². The fourth-order valence-corrected chi connectivity index (χ4v) is 1.65. The third-order valence-corrected chi connectivity index (χ3v) is 2.75. The van der Waals surface area contributed by atoms with Crippen LogP contribution in [0.5, 0.6) is 0 Å². The summed E-state index contributed by atoms with van der Waals surface area (Å²) < 4.78 is 1.83. The van der Waals surface area contributed by atoms with Crippen LogP contribution in [-0.4, -0.2) is 27.8 Å². The minimum atomic E-state index is 0. The van der Waals surface area contributed by atoms with Crippen molar-refractivity contribution < 1.29 is 0 Å². The first kappa shape index (κ1) is 16.4. The molecule has 2 heterocycles. The number of hydrogen-bond donors (Lipinski definition) is 2. The van der Waals surface area contributed by atoms with Gasteiger partial charge in [0.15, 0.2) is 5.96 Å². The van der Waals surface area contributed by atoms with Crippen molar-refractivity contribution in [3.8, 4) is 0 Å². The average Bonchev–Trinajstić information content (AvgIpc) is 2.86. The first-order valence-electron chi connectivity index (χ1n) is 6.11. The van der Waals surface area contributed by atoms with Gasteiger partial charge in [-0.25, -0.2) is 0 Å². The number of halogens is 1. The van der Waals surface area contributed by atoms with Gasteiger partial charge in [0.25, 0.3) is 0 Å². The van der Waals surface area contributed by atoms with Gasteiger partial charge >= 0.3 is 0 Å². The lowest BCUT2D eigenvalue weighted by Gasteiger charge is -2.11. The predicted molar refractivity (Wildman–Crippen MR) is 89.9 cm³/mol. The van der Waals surface area contributed by atoms with Gasteiger partial charge in [-0.1, -0.05) is 6.07 Å². The minimum absolute atomic E-state index is 0. The van der Waals surface area contributed by atoms with Gasteiger partial charge in [0.1, 0.15) is 0 Å². The molecule has 0 saturated heterocycles. The molecule has 0 fully saturated rings. The van der Waals surface area contributed by atoms with Crippen LogP contribution in [0.2, 0.25) is 0 Å². The average molecular weight is 386 g/mol. The number of aromatic nitrogens is 3. The standard InChI is InChI=1S/C13H18N6.HI/c1-14-13(16-9-11-5-3-4-7-15-11)17-10-12-6-8-18-19(12)2;/h3-8H,9-10H2,1-2H3,(H2,14,16,17);1H. The Morgan fingerprint density at radius 1 is 1.20 bits per heavy atom. The molecule has 2 aromatic heterocycles. The van der Waals surface area contributed by atoms with Crippen LogP contribution >= 0.6 is 24.0 Å². The van der Waals surface area contributed by atoms with E-state index < -0.39 is 0 Å². The lowest BCUT2D eigenvalue weighted by molar-refractivity contribution is 0.683. The van der Waals surface area contributed by atoms with Crippen LogP contribution in [0.4, 0.5) is 0 Å². The van der Waals surface area contributed by atoms with E-state index in [0.29, 0.717) is 13.1 Å². The molecule has 2 rings (SSSR count). The molecule has 6 nitrogen and oxygen atoms in total. The summed E-state index contributed by atoms with van der Waals surface area (Å²) in [4.78, 5) is 8.42. The van der Waals surface area contributed by atoms with Crippen LogP contribution in [0.3, 0.4) is 0 Å². The van der Waals surface area contributed by atoms with E-state index in [1.54, 1.807) is 19.4 Å². The maximum absolute atomic E-state index is 4.25. The highest BCUT2D eigenvalue weighted by Gasteiger charge is 2.01. The summed E-state index contributed by atoms with van der Waals surface area (Å²) in [6.45, 7) is 1.32. The van der Waals surface area contributed by atoms with Crippen molar-refractivity contribution in [2.45, 2.75) is 13.1 Å². The van der Waals surface area contributed by atoms with Gasteiger partial charge in [0.05, 0.1) is 24.5 Å². The number of pyridine rings is 1. The predicted octanol–water partition coefficient (Wildman–Crippen LogP) is 1.30. The summed E-state index contributed by atoms with van der Waals surface area (Å²) in [6, 6.07) is 7.81. The first-order chi connectivity index (χ1) is 9.29. The molecule has 0 unspecified atom stereocenters. The Bertz CT molecular complexity index is 537. The van der Waals surface area contributed by atoms with Gasteiger partial charge in [-0.2, -0.15) is 5.10 Å². The third-order valence-electron chi connectivity index (χ3n) is 2.75. The summed E-state index contributed by atoms with van der Waals surface area (Å²) in [5.74, 6) is 0.742. The maximum atomic E-state index is 4.25. The highest BCUT2D eigenvalue weighted by molar-refractivity contribution is 14.0. The van der Waals surface area contributed by atoms with E-state index in [9.17, 15) is 0 Å². The molecule has 0 radical (unpaired) electrons. The summed E-state index contributed by atoms with van der Waals surface area (Å²) in [5, 5.41) is 10.6. The number of rotatable bonds is 4. The van der Waals surface area contributed by atoms with Crippen molar-refractivity contribution in [2.24, 2.45) is 12.0 Å². The summed E-state index contributed by atoms with van der Waals surface area (Å²) >= 11 is 0. The van der Waals surface area contributed by atoms with Crippen LogP contribution in [-0.2, 0) is 20.1 Å². The Morgan fingerprint density at radius 2 is 2.00 bits per heavy atom. The van der Waals surface area contributed by atoms with E-state index in [-0.39, 0.29) is 24.0 Å². The molecule has 7 heteroatoms. The molecule has 20 heavy (non-hydrogen) atoms. The molecule has 0 aliphatic heterocycles. The fourth-order valence-electron chi connectivity index (χ4n) is 1.65. The van der Waals surface area contributed by atoms with Crippen molar-refractivity contribution in [1.82, 2.24) is 25.4 Å². The van der Waals surface area contributed by atoms with Crippen LogP contribution in [0, 0.1) is 0 Å². The lowest BCUT2D eigenvalue weighted by atomic mass is 10.3. The Morgan fingerprint density at radius 3 is 2.60 bits per heavy atom. The Balaban J connectivity index is 0.00000200. The van der Waals surface area contributed by atoms with E-state index in [0.717, 1.165) is 17.3 Å². The van der Waals surface area contributed by atoms with Crippen molar-refractivity contribution in [2.75, 3.05) is 7.05 Å². The van der Waals surface area contributed by atoms with Gasteiger partial charge in [-0.15, -0.1) is 24.0 Å².